The number of pyridine rings is 1. The van der Waals surface area contributed by atoms with E-state index in [0.717, 1.165) is 18.4 Å². The molecule has 2 aliphatic rings. The summed E-state index contributed by atoms with van der Waals surface area (Å²) >= 11 is 0. The van der Waals surface area contributed by atoms with Gasteiger partial charge in [-0.2, -0.15) is 27.1 Å². The molecule has 4 atom stereocenters. The summed E-state index contributed by atoms with van der Waals surface area (Å²) in [6.07, 6.45) is -4.00. The number of halogens is 7. The van der Waals surface area contributed by atoms with Crippen molar-refractivity contribution in [2.75, 3.05) is 17.6 Å². The minimum absolute atomic E-state index is 0.00570. The van der Waals surface area contributed by atoms with E-state index < -0.39 is 93.6 Å². The molecule has 1 saturated carbocycles. The zero-order valence-electron chi connectivity index (χ0n) is 29.4. The molecule has 19 heteroatoms. The van der Waals surface area contributed by atoms with Crippen molar-refractivity contribution in [3.8, 4) is 23.0 Å². The fourth-order valence-corrected chi connectivity index (χ4v) is 7.89. The Morgan fingerprint density at radius 3 is 2.50 bits per heavy atom. The summed E-state index contributed by atoms with van der Waals surface area (Å²) < 4.78 is 131. The van der Waals surface area contributed by atoms with Crippen molar-refractivity contribution in [3.63, 3.8) is 0 Å². The predicted octanol–water partition coefficient (Wildman–Crippen LogP) is 5.09. The maximum atomic E-state index is 15.4. The van der Waals surface area contributed by atoms with Gasteiger partial charge in [-0.3, -0.25) is 14.2 Å². The van der Waals surface area contributed by atoms with Gasteiger partial charge in [-0.15, -0.1) is 0 Å². The van der Waals surface area contributed by atoms with E-state index in [4.69, 9.17) is 5.73 Å². The number of fused-ring (bicyclic) bond motifs is 4. The van der Waals surface area contributed by atoms with Gasteiger partial charge >= 0.3 is 6.18 Å². The Morgan fingerprint density at radius 2 is 1.84 bits per heavy atom. The third-order valence-electron chi connectivity index (χ3n) is 9.65. The van der Waals surface area contributed by atoms with Crippen LogP contribution in [0.1, 0.15) is 52.2 Å². The van der Waals surface area contributed by atoms with E-state index in [-0.39, 0.29) is 41.2 Å². The molecule has 294 valence electrons. The van der Waals surface area contributed by atoms with E-state index in [1.807, 2.05) is 0 Å². The number of nitrogens with zero attached hydrogens (tertiary/aromatic N) is 4. The number of alkyl halides is 5. The van der Waals surface area contributed by atoms with Gasteiger partial charge in [0.1, 0.15) is 23.9 Å². The Balaban J connectivity index is 1.37. The highest BCUT2D eigenvalue weighted by Crippen LogP contribution is 2.69. The first kappa shape index (κ1) is 38.8. The number of nitrogens with one attached hydrogen (secondary N) is 2. The highest BCUT2D eigenvalue weighted by Gasteiger charge is 2.67. The summed E-state index contributed by atoms with van der Waals surface area (Å²) in [5.41, 5.74) is 4.24. The fraction of sp³-hybridized carbons (Fsp3) is 0.324. The molecule has 2 aromatic carbocycles. The second kappa shape index (κ2) is 13.9. The van der Waals surface area contributed by atoms with Gasteiger partial charge in [0.2, 0.25) is 15.9 Å². The lowest BCUT2D eigenvalue weighted by atomic mass is 9.93. The number of aryl methyl sites for hydroxylation is 1. The number of carbonyl (C=O) groups is 1. The van der Waals surface area contributed by atoms with Crippen molar-refractivity contribution >= 4 is 32.7 Å². The molecule has 1 fully saturated rings. The molecular formula is C37H32F7N7O4S. The molecule has 0 saturated heterocycles. The largest absolute Gasteiger partial charge is 0.418 e. The van der Waals surface area contributed by atoms with Crippen LogP contribution in [-0.4, -0.2) is 57.7 Å². The molecule has 5 N–H and O–H groups in total. The minimum atomic E-state index is -4.97. The van der Waals surface area contributed by atoms with Gasteiger partial charge < -0.3 is 20.7 Å². The van der Waals surface area contributed by atoms with Crippen molar-refractivity contribution < 1.29 is 49.1 Å². The number of amides is 1. The van der Waals surface area contributed by atoms with Crippen LogP contribution in [0, 0.1) is 29.4 Å². The van der Waals surface area contributed by atoms with Crippen LogP contribution in [-0.2, 0) is 46.9 Å². The Bertz CT molecular complexity index is 2560. The summed E-state index contributed by atoms with van der Waals surface area (Å²) in [6, 6.07) is 8.17. The van der Waals surface area contributed by atoms with Gasteiger partial charge in [0.05, 0.1) is 47.4 Å². The first-order valence-corrected chi connectivity index (χ1v) is 18.9. The van der Waals surface area contributed by atoms with Crippen LogP contribution in [0.25, 0.3) is 22.0 Å². The fourth-order valence-electron chi connectivity index (χ4n) is 7.39. The van der Waals surface area contributed by atoms with E-state index in [0.29, 0.717) is 33.3 Å². The van der Waals surface area contributed by atoms with E-state index in [1.165, 1.54) is 10.7 Å². The molecule has 0 bridgehead atoms. The number of aliphatic hydroxyl groups is 1. The molecule has 2 unspecified atom stereocenters. The highest BCUT2D eigenvalue weighted by molar-refractivity contribution is 7.92. The molecule has 1 amide bonds. The van der Waals surface area contributed by atoms with Gasteiger partial charge in [0, 0.05) is 41.7 Å². The number of aromatic nitrogens is 4. The molecule has 11 nitrogen and oxygen atoms in total. The number of sulfonamides is 1. The SMILES string of the molecule is Cn1nc(NS(C)(=O)=O)c2cccc(-c3ccc(C#C[C@@H](N)CO)nc3C(Cc3cc(F)cc(F)c3)NC(=O)Cn3cc(C(F)(F)F)c4c3C(F)(F)C3C[C@H]43)c21. The first-order valence-electron chi connectivity index (χ1n) is 17.0. The molecule has 0 spiro atoms. The Labute approximate surface area is 314 Å². The summed E-state index contributed by atoms with van der Waals surface area (Å²) in [4.78, 5) is 18.5. The first-order chi connectivity index (χ1) is 26.2. The Kier molecular flexibility index (Phi) is 9.66. The quantitative estimate of drug-likeness (QED) is 0.113. The van der Waals surface area contributed by atoms with Crippen molar-refractivity contribution in [3.05, 3.63) is 100 Å². The molecule has 0 aliphatic heterocycles. The number of hydrogen-bond acceptors (Lipinski definition) is 7. The number of nitrogens with two attached hydrogens (primary N) is 1. The Hall–Kier alpha value is -5.45. The zero-order chi connectivity index (χ0) is 40.5. The van der Waals surface area contributed by atoms with E-state index in [2.05, 4.69) is 32.0 Å². The molecule has 56 heavy (non-hydrogen) atoms. The summed E-state index contributed by atoms with van der Waals surface area (Å²) in [5.74, 6) is -3.53. The topological polar surface area (TPSA) is 157 Å². The molecule has 0 radical (unpaired) electrons. The number of benzene rings is 2. The van der Waals surface area contributed by atoms with Crippen molar-refractivity contribution in [1.29, 1.82) is 0 Å². The lowest BCUT2D eigenvalue weighted by molar-refractivity contribution is -0.138. The van der Waals surface area contributed by atoms with Crippen LogP contribution in [0.5, 0.6) is 0 Å². The summed E-state index contributed by atoms with van der Waals surface area (Å²) in [6.45, 7) is -1.47. The van der Waals surface area contributed by atoms with Gasteiger partial charge in [-0.25, -0.2) is 22.2 Å². The number of carbonyl (C=O) groups excluding carboxylic acids is 1. The smallest absolute Gasteiger partial charge is 0.394 e. The predicted molar refractivity (Wildman–Crippen MR) is 189 cm³/mol. The normalized spacial score (nSPS) is 18.1. The average molecular weight is 804 g/mol. The van der Waals surface area contributed by atoms with Crippen LogP contribution in [0.4, 0.5) is 36.6 Å². The molecular weight excluding hydrogens is 772 g/mol. The number of anilines is 1. The highest BCUT2D eigenvalue weighted by atomic mass is 32.2. The second-order valence-corrected chi connectivity index (χ2v) is 15.6. The lowest BCUT2D eigenvalue weighted by Crippen LogP contribution is -2.34. The molecule has 3 aromatic heterocycles. The van der Waals surface area contributed by atoms with Crippen molar-refractivity contribution in [2.45, 2.75) is 49.5 Å². The van der Waals surface area contributed by atoms with Crippen LogP contribution >= 0.6 is 0 Å². The monoisotopic (exact) mass is 803 g/mol. The van der Waals surface area contributed by atoms with Gasteiger partial charge in [0.25, 0.3) is 5.92 Å². The summed E-state index contributed by atoms with van der Waals surface area (Å²) in [7, 11) is -2.23. The number of aliphatic hydroxyl groups excluding tert-OH is 1. The standard InChI is InChI=1S/C37H32F7N7O4S/c1-50-33-24(4-3-5-25(33)35(48-50)49-56(2,54)55)23-9-8-22(7-6-21(45)17-52)46-32(23)29(12-18-10-19(38)13-20(39)11-18)47-30(53)16-51-15-28(37(42,43)44)31-26-14-27(26)36(40,41)34(31)51/h3-5,8-11,13,15,21,26-27,29,52H,12,14,16-17,45H2,1-2H3,(H,47,53)(H,48,49)/t21-,26+,27?,29?/m1/s1. The second-order valence-electron chi connectivity index (χ2n) is 13.8. The lowest BCUT2D eigenvalue weighted by Gasteiger charge is -2.23. The van der Waals surface area contributed by atoms with E-state index in [1.54, 1.807) is 31.3 Å². The average Bonchev–Trinajstić information content (AvgIpc) is 3.65. The molecule has 3 heterocycles. The van der Waals surface area contributed by atoms with Crippen molar-refractivity contribution in [2.24, 2.45) is 18.7 Å². The van der Waals surface area contributed by atoms with Crippen LogP contribution < -0.4 is 15.8 Å². The Morgan fingerprint density at radius 1 is 1.12 bits per heavy atom. The summed E-state index contributed by atoms with van der Waals surface area (Å²) in [5, 5.41) is 16.7. The molecule has 5 aromatic rings. The molecule has 7 rings (SSSR count). The molecule has 2 aliphatic carbocycles. The number of hydrogen-bond donors (Lipinski definition) is 4. The van der Waals surface area contributed by atoms with Gasteiger partial charge in [-0.1, -0.05) is 18.1 Å². The van der Waals surface area contributed by atoms with Crippen LogP contribution in [0.3, 0.4) is 0 Å². The number of rotatable bonds is 10. The van der Waals surface area contributed by atoms with Crippen LogP contribution in [0.2, 0.25) is 0 Å². The van der Waals surface area contributed by atoms with Gasteiger partial charge in [0.15, 0.2) is 5.82 Å². The van der Waals surface area contributed by atoms with Gasteiger partial charge in [-0.05, 0) is 66.1 Å². The maximum absolute atomic E-state index is 15.4. The third kappa shape index (κ3) is 7.43. The zero-order valence-corrected chi connectivity index (χ0v) is 30.2. The van der Waals surface area contributed by atoms with Crippen LogP contribution in [0.15, 0.2) is 54.7 Å². The third-order valence-corrected chi connectivity index (χ3v) is 10.2. The van der Waals surface area contributed by atoms with E-state index >= 15 is 8.78 Å². The maximum Gasteiger partial charge on any atom is 0.418 e. The number of para-hydroxylation sites is 1. The van der Waals surface area contributed by atoms with Crippen molar-refractivity contribution in [1.82, 2.24) is 24.6 Å². The van der Waals surface area contributed by atoms with E-state index in [9.17, 15) is 40.3 Å². The minimum Gasteiger partial charge on any atom is -0.394 e.